The average molecular weight is 548 g/mol. The molecule has 204 valence electrons. The molecule has 0 bridgehead atoms. The van der Waals surface area contributed by atoms with Crippen LogP contribution in [0.25, 0.3) is 0 Å². The van der Waals surface area contributed by atoms with E-state index in [2.05, 4.69) is 4.74 Å². The first-order valence-corrected chi connectivity index (χ1v) is 8.57. The van der Waals surface area contributed by atoms with Gasteiger partial charge in [0.15, 0.2) is 0 Å². The van der Waals surface area contributed by atoms with Crippen molar-refractivity contribution in [1.82, 2.24) is 0 Å². The van der Waals surface area contributed by atoms with Crippen LogP contribution in [-0.2, 0) is 9.53 Å². The Hall–Kier alpha value is -1.72. The van der Waals surface area contributed by atoms with Crippen molar-refractivity contribution in [3.05, 3.63) is 0 Å². The van der Waals surface area contributed by atoms with Gasteiger partial charge in [-0.05, 0) is 6.42 Å². The summed E-state index contributed by atoms with van der Waals surface area (Å²) in [5.74, 6) is -58.5. The number of carbonyl (C=O) groups excluding carboxylic acids is 1. The summed E-state index contributed by atoms with van der Waals surface area (Å²) in [6, 6.07) is 0. The standard InChI is InChI=1S/C15H13F17O2/c1-2-3-6-34-7(33)4-5-8(16,17)9(18,19)10(20,21)11(22,23)12(24,25)13(26,27)14(28,29)15(30,31)32/h2-6H2,1H3. The molecule has 0 N–H and O–H groups in total. The summed E-state index contributed by atoms with van der Waals surface area (Å²) in [6.07, 6.45) is -12.1. The van der Waals surface area contributed by atoms with Crippen LogP contribution in [0, 0.1) is 0 Å². The Morgan fingerprint density at radius 1 is 0.588 bits per heavy atom. The van der Waals surface area contributed by atoms with Crippen molar-refractivity contribution in [2.45, 2.75) is 80.2 Å². The van der Waals surface area contributed by atoms with Crippen LogP contribution in [-0.4, -0.2) is 60.2 Å². The fourth-order valence-corrected chi connectivity index (χ4v) is 2.01. The van der Waals surface area contributed by atoms with Gasteiger partial charge in [-0.2, -0.15) is 74.6 Å². The van der Waals surface area contributed by atoms with Crippen LogP contribution in [0.2, 0.25) is 0 Å². The van der Waals surface area contributed by atoms with Gasteiger partial charge in [-0.15, -0.1) is 0 Å². The van der Waals surface area contributed by atoms with Gasteiger partial charge in [0.25, 0.3) is 0 Å². The van der Waals surface area contributed by atoms with Gasteiger partial charge in [-0.1, -0.05) is 13.3 Å². The summed E-state index contributed by atoms with van der Waals surface area (Å²) >= 11 is 0. The third-order valence-electron chi connectivity index (χ3n) is 4.19. The normalized spacial score (nSPS) is 15.5. The summed E-state index contributed by atoms with van der Waals surface area (Å²) < 4.78 is 226. The molecular formula is C15H13F17O2. The third-order valence-corrected chi connectivity index (χ3v) is 4.19. The Labute approximate surface area is 178 Å². The van der Waals surface area contributed by atoms with Gasteiger partial charge in [0.05, 0.1) is 13.0 Å². The monoisotopic (exact) mass is 548 g/mol. The van der Waals surface area contributed by atoms with Gasteiger partial charge in [-0.3, -0.25) is 4.79 Å². The molecule has 34 heavy (non-hydrogen) atoms. The maximum Gasteiger partial charge on any atom is 0.460 e. The molecular weight excluding hydrogens is 535 g/mol. The Kier molecular flexibility index (Phi) is 8.91. The zero-order valence-electron chi connectivity index (χ0n) is 16.3. The summed E-state index contributed by atoms with van der Waals surface area (Å²) in [7, 11) is 0. The highest BCUT2D eigenvalue weighted by molar-refractivity contribution is 5.69. The summed E-state index contributed by atoms with van der Waals surface area (Å²) in [4.78, 5) is 11.1. The van der Waals surface area contributed by atoms with Gasteiger partial charge in [-0.25, -0.2) is 0 Å². The predicted octanol–water partition coefficient (Wildman–Crippen LogP) is 7.12. The molecule has 0 amide bonds. The lowest BCUT2D eigenvalue weighted by atomic mass is 9.88. The molecule has 0 fully saturated rings. The van der Waals surface area contributed by atoms with Crippen LogP contribution in [0.1, 0.15) is 32.6 Å². The molecule has 0 heterocycles. The second-order valence-electron chi connectivity index (χ2n) is 6.72. The van der Waals surface area contributed by atoms with Gasteiger partial charge in [0, 0.05) is 6.42 Å². The number of unbranched alkanes of at least 4 members (excludes halogenated alkanes) is 1. The quantitative estimate of drug-likeness (QED) is 0.148. The largest absolute Gasteiger partial charge is 0.466 e. The topological polar surface area (TPSA) is 26.3 Å². The van der Waals surface area contributed by atoms with E-state index in [1.54, 1.807) is 0 Å². The van der Waals surface area contributed by atoms with Crippen LogP contribution in [0.3, 0.4) is 0 Å². The minimum absolute atomic E-state index is 0.0917. The summed E-state index contributed by atoms with van der Waals surface area (Å²) in [6.45, 7) is 1.02. The van der Waals surface area contributed by atoms with Crippen molar-refractivity contribution in [3.8, 4) is 0 Å². The molecule has 0 aromatic heterocycles. The molecule has 0 radical (unpaired) electrons. The highest BCUT2D eigenvalue weighted by atomic mass is 19.4. The van der Waals surface area contributed by atoms with Crippen LogP contribution < -0.4 is 0 Å². The fraction of sp³-hybridized carbons (Fsp3) is 0.933. The van der Waals surface area contributed by atoms with Gasteiger partial charge >= 0.3 is 53.6 Å². The second-order valence-corrected chi connectivity index (χ2v) is 6.72. The van der Waals surface area contributed by atoms with E-state index >= 15 is 0 Å². The van der Waals surface area contributed by atoms with Crippen molar-refractivity contribution in [1.29, 1.82) is 0 Å². The SMILES string of the molecule is CCCCOC(=O)CCC(F)(F)C(F)(F)C(F)(F)C(F)(F)C(F)(F)C(F)(F)C(F)(F)C(F)(F)F. The molecule has 0 aliphatic carbocycles. The van der Waals surface area contributed by atoms with Crippen molar-refractivity contribution in [3.63, 3.8) is 0 Å². The Morgan fingerprint density at radius 3 is 1.29 bits per heavy atom. The van der Waals surface area contributed by atoms with Crippen LogP contribution in [0.15, 0.2) is 0 Å². The third kappa shape index (κ3) is 4.97. The van der Waals surface area contributed by atoms with Crippen molar-refractivity contribution in [2.75, 3.05) is 6.61 Å². The first-order valence-electron chi connectivity index (χ1n) is 8.57. The smallest absolute Gasteiger partial charge is 0.460 e. The summed E-state index contributed by atoms with van der Waals surface area (Å²) in [5, 5.41) is 0. The van der Waals surface area contributed by atoms with Gasteiger partial charge in [0.1, 0.15) is 0 Å². The minimum Gasteiger partial charge on any atom is -0.466 e. The minimum atomic E-state index is -8.67. The lowest BCUT2D eigenvalue weighted by molar-refractivity contribution is -0.461. The number of hydrogen-bond donors (Lipinski definition) is 0. The molecule has 0 aromatic carbocycles. The van der Waals surface area contributed by atoms with E-state index in [1.165, 1.54) is 6.92 Å². The van der Waals surface area contributed by atoms with Crippen molar-refractivity contribution in [2.24, 2.45) is 0 Å². The van der Waals surface area contributed by atoms with Crippen LogP contribution in [0.4, 0.5) is 74.6 Å². The van der Waals surface area contributed by atoms with E-state index in [0.29, 0.717) is 6.42 Å². The number of halogens is 17. The Balaban J connectivity index is 6.23. The zero-order chi connectivity index (χ0) is 27.8. The first kappa shape index (κ1) is 32.3. The lowest BCUT2D eigenvalue weighted by Gasteiger charge is -2.42. The van der Waals surface area contributed by atoms with E-state index in [0.717, 1.165) is 0 Å². The fourth-order valence-electron chi connectivity index (χ4n) is 2.01. The molecule has 19 heteroatoms. The maximum absolute atomic E-state index is 13.6. The molecule has 2 nitrogen and oxygen atoms in total. The lowest BCUT2D eigenvalue weighted by Crippen LogP contribution is -2.74. The van der Waals surface area contributed by atoms with E-state index in [1.807, 2.05) is 0 Å². The van der Waals surface area contributed by atoms with Crippen molar-refractivity contribution < 1.29 is 84.2 Å². The van der Waals surface area contributed by atoms with E-state index in [-0.39, 0.29) is 6.42 Å². The number of alkyl halides is 17. The molecule has 0 saturated carbocycles. The summed E-state index contributed by atoms with van der Waals surface area (Å²) in [5.41, 5.74) is 0. The molecule has 0 rings (SSSR count). The van der Waals surface area contributed by atoms with Gasteiger partial charge < -0.3 is 4.74 Å². The van der Waals surface area contributed by atoms with Gasteiger partial charge in [0.2, 0.25) is 0 Å². The van der Waals surface area contributed by atoms with Crippen LogP contribution >= 0.6 is 0 Å². The highest BCUT2D eigenvalue weighted by Crippen LogP contribution is 2.64. The zero-order valence-corrected chi connectivity index (χ0v) is 16.3. The second kappa shape index (κ2) is 9.39. The number of ether oxygens (including phenoxy) is 1. The predicted molar refractivity (Wildman–Crippen MR) is 75.8 cm³/mol. The molecule has 0 aliphatic rings. The Morgan fingerprint density at radius 2 is 0.941 bits per heavy atom. The van der Waals surface area contributed by atoms with E-state index < -0.39 is 73.1 Å². The van der Waals surface area contributed by atoms with E-state index in [9.17, 15) is 79.4 Å². The van der Waals surface area contributed by atoms with Crippen LogP contribution in [0.5, 0.6) is 0 Å². The van der Waals surface area contributed by atoms with E-state index in [4.69, 9.17) is 0 Å². The molecule has 0 saturated heterocycles. The number of carbonyl (C=O) groups is 1. The highest BCUT2D eigenvalue weighted by Gasteiger charge is 2.95. The average Bonchev–Trinajstić information content (AvgIpc) is 2.64. The Bertz CT molecular complexity index is 710. The molecule has 0 aromatic rings. The molecule has 0 aliphatic heterocycles. The maximum atomic E-state index is 13.6. The number of rotatable bonds is 12. The number of esters is 1. The number of hydrogen-bond acceptors (Lipinski definition) is 2. The molecule has 0 atom stereocenters. The molecule has 0 spiro atoms. The first-order chi connectivity index (χ1) is 14.7. The van der Waals surface area contributed by atoms with Crippen molar-refractivity contribution >= 4 is 5.97 Å². The molecule has 0 unspecified atom stereocenters.